The third-order valence-electron chi connectivity index (χ3n) is 8.36. The number of benzene rings is 4. The van der Waals surface area contributed by atoms with E-state index in [2.05, 4.69) is 100 Å². The predicted octanol–water partition coefficient (Wildman–Crippen LogP) is 6.62. The van der Waals surface area contributed by atoms with Crippen LogP contribution in [0.3, 0.4) is 0 Å². The summed E-state index contributed by atoms with van der Waals surface area (Å²) in [5.74, 6) is 0. The van der Waals surface area contributed by atoms with Gasteiger partial charge in [0, 0.05) is 30.7 Å². The third kappa shape index (κ3) is 3.15. The van der Waals surface area contributed by atoms with Gasteiger partial charge in [-0.3, -0.25) is 4.98 Å². The second-order valence-electron chi connectivity index (χ2n) is 11.1. The van der Waals surface area contributed by atoms with Crippen molar-refractivity contribution in [1.29, 1.82) is 0 Å². The average molecular weight is 677 g/mol. The predicted molar refractivity (Wildman–Crippen MR) is 150 cm³/mol. The van der Waals surface area contributed by atoms with E-state index in [4.69, 9.17) is 4.98 Å². The molecule has 0 saturated heterocycles. The van der Waals surface area contributed by atoms with E-state index in [1.54, 1.807) is 0 Å². The Balaban J connectivity index is 0.00000252. The van der Waals surface area contributed by atoms with Gasteiger partial charge in [-0.15, -0.1) is 28.8 Å². The van der Waals surface area contributed by atoms with Gasteiger partial charge in [-0.05, 0) is 39.1 Å². The Hall–Kier alpha value is -2.83. The molecule has 1 atom stereocenters. The number of nitrogens with zero attached hydrogens (tertiary/aromatic N) is 1. The van der Waals surface area contributed by atoms with E-state index in [-0.39, 0.29) is 30.9 Å². The monoisotopic (exact) mass is 677 g/mol. The topological polar surface area (TPSA) is 30.0 Å². The number of aromatic nitrogens is 1. The minimum atomic E-state index is -3.08. The maximum Gasteiger partial charge on any atom is 0.135 e. The molecule has 2 nitrogen and oxygen atoms in total. The Morgan fingerprint density at radius 2 is 1.30 bits per heavy atom. The van der Waals surface area contributed by atoms with Gasteiger partial charge in [0.2, 0.25) is 0 Å². The van der Waals surface area contributed by atoms with E-state index >= 15 is 4.57 Å². The van der Waals surface area contributed by atoms with Crippen molar-refractivity contribution in [2.75, 3.05) is 0 Å². The van der Waals surface area contributed by atoms with Crippen LogP contribution in [0.25, 0.3) is 22.2 Å². The molecule has 0 spiro atoms. The zero-order valence-corrected chi connectivity index (χ0v) is 24.6. The van der Waals surface area contributed by atoms with Crippen LogP contribution in [0.2, 0.25) is 0 Å². The van der Waals surface area contributed by atoms with Crippen LogP contribution in [0.5, 0.6) is 0 Å². The molecule has 5 aromatic rings. The van der Waals surface area contributed by atoms with Crippen molar-refractivity contribution in [2.24, 2.45) is 0 Å². The maximum absolute atomic E-state index is 15.5. The quantitative estimate of drug-likeness (QED) is 0.148. The Labute approximate surface area is 231 Å². The van der Waals surface area contributed by atoms with E-state index in [0.717, 1.165) is 60.3 Å². The van der Waals surface area contributed by atoms with Gasteiger partial charge in [0.15, 0.2) is 0 Å². The molecule has 1 radical (unpaired) electrons. The first-order valence-electron chi connectivity index (χ1n) is 12.5. The number of hydrogen-bond acceptors (Lipinski definition) is 2. The number of para-hydroxylation sites is 1. The molecule has 185 valence electrons. The van der Waals surface area contributed by atoms with Crippen molar-refractivity contribution in [1.82, 2.24) is 4.98 Å². The normalized spacial score (nSPS) is 19.8. The molecule has 2 aliphatic rings. The van der Waals surface area contributed by atoms with Crippen LogP contribution in [-0.4, -0.2) is 4.98 Å². The Morgan fingerprint density at radius 3 is 2.00 bits per heavy atom. The van der Waals surface area contributed by atoms with Gasteiger partial charge in [-0.1, -0.05) is 112 Å². The Bertz CT molecular complexity index is 1700. The summed E-state index contributed by atoms with van der Waals surface area (Å²) < 4.78 is 15.5. The maximum atomic E-state index is 15.5. The van der Waals surface area contributed by atoms with Gasteiger partial charge in [0.1, 0.15) is 7.14 Å². The fourth-order valence-electron chi connectivity index (χ4n) is 6.39. The molecule has 37 heavy (non-hydrogen) atoms. The molecule has 4 aromatic carbocycles. The molecule has 4 heteroatoms. The summed E-state index contributed by atoms with van der Waals surface area (Å²) in [6, 6.07) is 35.0. The summed E-state index contributed by atoms with van der Waals surface area (Å²) in [6.45, 7) is 9.01. The number of fused-ring (bicyclic) bond motifs is 5. The van der Waals surface area contributed by atoms with Gasteiger partial charge in [-0.25, -0.2) is 0 Å². The zero-order chi connectivity index (χ0) is 24.9. The van der Waals surface area contributed by atoms with Crippen LogP contribution < -0.4 is 15.9 Å². The molecular formula is C33H27IrNOP-. The molecule has 2 aliphatic heterocycles. The molecule has 1 unspecified atom stereocenters. The van der Waals surface area contributed by atoms with Gasteiger partial charge in [-0.2, -0.15) is 0 Å². The molecule has 0 N–H and O–H groups in total. The van der Waals surface area contributed by atoms with Crippen molar-refractivity contribution in [2.45, 2.75) is 38.5 Å². The van der Waals surface area contributed by atoms with Gasteiger partial charge in [0.05, 0.1) is 5.52 Å². The number of rotatable bonds is 1. The zero-order valence-electron chi connectivity index (χ0n) is 21.3. The van der Waals surface area contributed by atoms with Crippen LogP contribution in [0.1, 0.15) is 49.9 Å². The molecule has 0 amide bonds. The van der Waals surface area contributed by atoms with E-state index in [1.165, 1.54) is 0 Å². The number of hydrogen-bond donors (Lipinski definition) is 0. The summed E-state index contributed by atoms with van der Waals surface area (Å²) in [5, 5.41) is 4.04. The van der Waals surface area contributed by atoms with Crippen molar-refractivity contribution in [3.63, 3.8) is 0 Å². The van der Waals surface area contributed by atoms with E-state index in [9.17, 15) is 0 Å². The summed E-state index contributed by atoms with van der Waals surface area (Å²) >= 11 is 0. The van der Waals surface area contributed by atoms with Gasteiger partial charge < -0.3 is 4.57 Å². The van der Waals surface area contributed by atoms with Crippen LogP contribution in [-0.2, 0) is 35.5 Å². The van der Waals surface area contributed by atoms with Gasteiger partial charge in [0.25, 0.3) is 0 Å². The van der Waals surface area contributed by atoms with Crippen molar-refractivity contribution in [3.05, 3.63) is 119 Å². The van der Waals surface area contributed by atoms with Crippen LogP contribution >= 0.6 is 7.14 Å². The minimum Gasteiger partial charge on any atom is -0.318 e. The Kier molecular flexibility index (Phi) is 5.35. The first-order chi connectivity index (χ1) is 17.2. The summed E-state index contributed by atoms with van der Waals surface area (Å²) in [6.07, 6.45) is 0. The summed E-state index contributed by atoms with van der Waals surface area (Å²) in [4.78, 5) is 5.01. The fraction of sp³-hybridized carbons (Fsp3) is 0.182. The van der Waals surface area contributed by atoms with Crippen LogP contribution in [0.4, 0.5) is 0 Å². The first kappa shape index (κ1) is 24.5. The van der Waals surface area contributed by atoms with Crippen molar-refractivity contribution in [3.8, 4) is 11.3 Å². The molecule has 1 aromatic heterocycles. The SMILES string of the molecule is CC1(C)c2[c-]c(-c3ccc4ccccc4n3)cc3c2P(=O)(c2ccccc21)c1ccccc1C3(C)C.[Ir]. The molecule has 7 rings (SSSR count). The number of pyridine rings is 1. The molecule has 0 aliphatic carbocycles. The minimum absolute atomic E-state index is 0. The van der Waals surface area contributed by atoms with Gasteiger partial charge >= 0.3 is 0 Å². The first-order valence-corrected chi connectivity index (χ1v) is 14.2. The Morgan fingerprint density at radius 1 is 0.703 bits per heavy atom. The smallest absolute Gasteiger partial charge is 0.135 e. The second kappa shape index (κ2) is 8.08. The third-order valence-corrected chi connectivity index (χ3v) is 11.6. The van der Waals surface area contributed by atoms with E-state index in [0.29, 0.717) is 0 Å². The standard InChI is InChI=1S/C33H27NOP.Ir/c1-32(2)23-12-6-9-15-29(23)36(35)30-16-10-7-13-24(30)33(3,4)26-20-22(19-25(32)31(26)36)28-18-17-21-11-5-8-14-27(21)34-28;/h5-19H,1-4H3;/q-1;. The molecule has 0 saturated carbocycles. The summed E-state index contributed by atoms with van der Waals surface area (Å²) in [5.41, 5.74) is 6.61. The van der Waals surface area contributed by atoms with Crippen molar-refractivity contribution >= 4 is 34.0 Å². The molecule has 0 fully saturated rings. The largest absolute Gasteiger partial charge is 0.318 e. The van der Waals surface area contributed by atoms with Crippen LogP contribution in [0, 0.1) is 6.07 Å². The average Bonchev–Trinajstić information content (AvgIpc) is 2.90. The van der Waals surface area contributed by atoms with E-state index in [1.807, 2.05) is 24.3 Å². The molecule has 0 bridgehead atoms. The van der Waals surface area contributed by atoms with E-state index < -0.39 is 7.14 Å². The van der Waals surface area contributed by atoms with Crippen LogP contribution in [0.15, 0.2) is 91.0 Å². The van der Waals surface area contributed by atoms with Crippen molar-refractivity contribution < 1.29 is 24.7 Å². The summed E-state index contributed by atoms with van der Waals surface area (Å²) in [7, 11) is -3.08. The fourth-order valence-corrected chi connectivity index (χ4v) is 10.4. The second-order valence-corrected chi connectivity index (χ2v) is 13.7. The molecule has 3 heterocycles. The molecular weight excluding hydrogens is 650 g/mol.